The SMILES string of the molecule is CCCOCCOCCNC1CCCC(C)C1. The molecule has 0 radical (unpaired) electrons. The van der Waals surface area contributed by atoms with Crippen molar-refractivity contribution in [2.24, 2.45) is 5.92 Å². The van der Waals surface area contributed by atoms with Gasteiger partial charge >= 0.3 is 0 Å². The Labute approximate surface area is 106 Å². The summed E-state index contributed by atoms with van der Waals surface area (Å²) >= 11 is 0. The Bertz CT molecular complexity index is 176. The van der Waals surface area contributed by atoms with Crippen LogP contribution in [0.2, 0.25) is 0 Å². The van der Waals surface area contributed by atoms with Crippen LogP contribution in [0.4, 0.5) is 0 Å². The first-order valence-corrected chi connectivity index (χ1v) is 7.21. The second-order valence-electron chi connectivity index (χ2n) is 5.15. The van der Waals surface area contributed by atoms with Gasteiger partial charge in [0, 0.05) is 19.2 Å². The zero-order chi connectivity index (χ0) is 12.3. The van der Waals surface area contributed by atoms with Crippen LogP contribution in [0.5, 0.6) is 0 Å². The van der Waals surface area contributed by atoms with Gasteiger partial charge in [-0.25, -0.2) is 0 Å². The lowest BCUT2D eigenvalue weighted by Crippen LogP contribution is -2.35. The quantitative estimate of drug-likeness (QED) is 0.631. The summed E-state index contributed by atoms with van der Waals surface area (Å²) in [5.74, 6) is 0.893. The monoisotopic (exact) mass is 243 g/mol. The zero-order valence-corrected chi connectivity index (χ0v) is 11.5. The summed E-state index contributed by atoms with van der Waals surface area (Å²) < 4.78 is 10.9. The van der Waals surface area contributed by atoms with Gasteiger partial charge in [-0.15, -0.1) is 0 Å². The molecule has 2 unspecified atom stereocenters. The Morgan fingerprint density at radius 1 is 1.06 bits per heavy atom. The van der Waals surface area contributed by atoms with Crippen LogP contribution in [0.1, 0.15) is 46.0 Å². The lowest BCUT2D eigenvalue weighted by atomic mass is 9.87. The molecule has 0 bridgehead atoms. The van der Waals surface area contributed by atoms with E-state index in [0.29, 0.717) is 0 Å². The number of nitrogens with one attached hydrogen (secondary N) is 1. The molecule has 0 aromatic rings. The van der Waals surface area contributed by atoms with E-state index < -0.39 is 0 Å². The Morgan fingerprint density at radius 3 is 2.53 bits per heavy atom. The van der Waals surface area contributed by atoms with Crippen LogP contribution in [0.3, 0.4) is 0 Å². The standard InChI is InChI=1S/C14H29NO2/c1-3-8-16-10-11-17-9-7-15-14-6-4-5-13(2)12-14/h13-15H,3-12H2,1-2H3. The van der Waals surface area contributed by atoms with Crippen molar-refractivity contribution < 1.29 is 9.47 Å². The maximum atomic E-state index is 5.51. The molecule has 0 aliphatic heterocycles. The van der Waals surface area contributed by atoms with Crippen LogP contribution in [0.25, 0.3) is 0 Å². The molecule has 0 saturated heterocycles. The van der Waals surface area contributed by atoms with E-state index in [1.165, 1.54) is 25.7 Å². The summed E-state index contributed by atoms with van der Waals surface area (Å²) in [7, 11) is 0. The van der Waals surface area contributed by atoms with Crippen molar-refractivity contribution in [2.75, 3.05) is 33.0 Å². The van der Waals surface area contributed by atoms with Crippen LogP contribution in [0, 0.1) is 5.92 Å². The Morgan fingerprint density at radius 2 is 1.82 bits per heavy atom. The van der Waals surface area contributed by atoms with E-state index in [1.807, 2.05) is 0 Å². The minimum Gasteiger partial charge on any atom is -0.379 e. The normalized spacial score (nSPS) is 25.1. The summed E-state index contributed by atoms with van der Waals surface area (Å²) in [6.45, 7) is 8.56. The fourth-order valence-electron chi connectivity index (χ4n) is 2.42. The third kappa shape index (κ3) is 7.74. The van der Waals surface area contributed by atoms with Gasteiger partial charge in [0.25, 0.3) is 0 Å². The highest BCUT2D eigenvalue weighted by Gasteiger charge is 2.17. The molecule has 0 amide bonds. The molecular weight excluding hydrogens is 214 g/mol. The largest absolute Gasteiger partial charge is 0.379 e. The average Bonchev–Trinajstić information content (AvgIpc) is 2.33. The smallest absolute Gasteiger partial charge is 0.0701 e. The first kappa shape index (κ1) is 14.9. The van der Waals surface area contributed by atoms with Gasteiger partial charge in [-0.2, -0.15) is 0 Å². The van der Waals surface area contributed by atoms with Crippen molar-refractivity contribution in [3.05, 3.63) is 0 Å². The third-order valence-corrected chi connectivity index (χ3v) is 3.34. The van der Waals surface area contributed by atoms with E-state index in [9.17, 15) is 0 Å². The molecule has 1 aliphatic rings. The van der Waals surface area contributed by atoms with Gasteiger partial charge in [0.15, 0.2) is 0 Å². The molecule has 0 heterocycles. The minimum atomic E-state index is 0.721. The van der Waals surface area contributed by atoms with Crippen molar-refractivity contribution in [3.63, 3.8) is 0 Å². The Balaban J connectivity index is 1.83. The highest BCUT2D eigenvalue weighted by Crippen LogP contribution is 2.23. The summed E-state index contributed by atoms with van der Waals surface area (Å²) in [6, 6.07) is 0.721. The second kappa shape index (κ2) is 9.86. The van der Waals surface area contributed by atoms with E-state index in [1.54, 1.807) is 0 Å². The molecule has 1 N–H and O–H groups in total. The van der Waals surface area contributed by atoms with E-state index in [2.05, 4.69) is 19.2 Å². The van der Waals surface area contributed by atoms with Gasteiger partial charge in [-0.1, -0.05) is 26.7 Å². The summed E-state index contributed by atoms with van der Waals surface area (Å²) in [5, 5.41) is 3.59. The molecule has 102 valence electrons. The summed E-state index contributed by atoms with van der Waals surface area (Å²) in [5.41, 5.74) is 0. The highest BCUT2D eigenvalue weighted by molar-refractivity contribution is 4.75. The van der Waals surface area contributed by atoms with Gasteiger partial charge in [-0.05, 0) is 25.2 Å². The molecular formula is C14H29NO2. The van der Waals surface area contributed by atoms with Crippen LogP contribution in [0.15, 0.2) is 0 Å². The van der Waals surface area contributed by atoms with Crippen LogP contribution in [-0.2, 0) is 9.47 Å². The van der Waals surface area contributed by atoms with Gasteiger partial charge in [-0.3, -0.25) is 0 Å². The number of ether oxygens (including phenoxy) is 2. The minimum absolute atomic E-state index is 0.721. The molecule has 0 aromatic heterocycles. The van der Waals surface area contributed by atoms with Gasteiger partial charge < -0.3 is 14.8 Å². The number of hydrogen-bond donors (Lipinski definition) is 1. The maximum absolute atomic E-state index is 5.51. The highest BCUT2D eigenvalue weighted by atomic mass is 16.5. The third-order valence-electron chi connectivity index (χ3n) is 3.34. The Kier molecular flexibility index (Phi) is 8.67. The van der Waals surface area contributed by atoms with Crippen molar-refractivity contribution in [3.8, 4) is 0 Å². The fourth-order valence-corrected chi connectivity index (χ4v) is 2.42. The van der Waals surface area contributed by atoms with Crippen LogP contribution >= 0.6 is 0 Å². The predicted octanol–water partition coefficient (Wildman–Crippen LogP) is 2.60. The van der Waals surface area contributed by atoms with E-state index >= 15 is 0 Å². The van der Waals surface area contributed by atoms with Crippen LogP contribution in [-0.4, -0.2) is 39.0 Å². The summed E-state index contributed by atoms with van der Waals surface area (Å²) in [6.07, 6.45) is 6.54. The molecule has 1 rings (SSSR count). The summed E-state index contributed by atoms with van der Waals surface area (Å²) in [4.78, 5) is 0. The second-order valence-corrected chi connectivity index (χ2v) is 5.15. The van der Waals surface area contributed by atoms with Crippen molar-refractivity contribution in [1.29, 1.82) is 0 Å². The van der Waals surface area contributed by atoms with E-state index in [0.717, 1.165) is 51.4 Å². The maximum Gasteiger partial charge on any atom is 0.0701 e. The van der Waals surface area contributed by atoms with Gasteiger partial charge in [0.05, 0.1) is 19.8 Å². The topological polar surface area (TPSA) is 30.5 Å². The molecule has 3 nitrogen and oxygen atoms in total. The molecule has 1 aliphatic carbocycles. The van der Waals surface area contributed by atoms with Gasteiger partial charge in [0.1, 0.15) is 0 Å². The van der Waals surface area contributed by atoms with Crippen molar-refractivity contribution in [1.82, 2.24) is 5.32 Å². The number of hydrogen-bond acceptors (Lipinski definition) is 3. The fraction of sp³-hybridized carbons (Fsp3) is 1.00. The van der Waals surface area contributed by atoms with Gasteiger partial charge in [0.2, 0.25) is 0 Å². The van der Waals surface area contributed by atoms with Crippen molar-refractivity contribution in [2.45, 2.75) is 52.0 Å². The molecule has 1 saturated carbocycles. The molecule has 1 fully saturated rings. The average molecular weight is 243 g/mol. The molecule has 17 heavy (non-hydrogen) atoms. The zero-order valence-electron chi connectivity index (χ0n) is 11.5. The predicted molar refractivity (Wildman–Crippen MR) is 71.4 cm³/mol. The molecule has 2 atom stereocenters. The molecule has 3 heteroatoms. The Hall–Kier alpha value is -0.120. The lowest BCUT2D eigenvalue weighted by Gasteiger charge is -2.27. The lowest BCUT2D eigenvalue weighted by molar-refractivity contribution is 0.0479. The van der Waals surface area contributed by atoms with Crippen molar-refractivity contribution >= 4 is 0 Å². The number of rotatable bonds is 9. The van der Waals surface area contributed by atoms with E-state index in [4.69, 9.17) is 9.47 Å². The van der Waals surface area contributed by atoms with E-state index in [-0.39, 0.29) is 0 Å². The van der Waals surface area contributed by atoms with Crippen LogP contribution < -0.4 is 5.32 Å². The molecule has 0 aromatic carbocycles. The molecule has 0 spiro atoms. The first-order chi connectivity index (χ1) is 8.33. The first-order valence-electron chi connectivity index (χ1n) is 7.21.